The van der Waals surface area contributed by atoms with Gasteiger partial charge in [0.1, 0.15) is 5.92 Å². The Kier molecular flexibility index (Phi) is 2.36. The first-order chi connectivity index (χ1) is 8.12. The van der Waals surface area contributed by atoms with E-state index in [-0.39, 0.29) is 11.3 Å². The van der Waals surface area contributed by atoms with Crippen molar-refractivity contribution in [3.63, 3.8) is 0 Å². The minimum Gasteiger partial charge on any atom is -0.346 e. The Morgan fingerprint density at radius 3 is 2.71 bits per heavy atom. The predicted octanol–water partition coefficient (Wildman–Crippen LogP) is 2.64. The van der Waals surface area contributed by atoms with E-state index < -0.39 is 5.79 Å². The number of rotatable bonds is 0. The van der Waals surface area contributed by atoms with Crippen LogP contribution in [0, 0.1) is 28.6 Å². The second-order valence-corrected chi connectivity index (χ2v) is 5.76. The molecule has 1 saturated heterocycles. The van der Waals surface area contributed by atoms with Gasteiger partial charge < -0.3 is 9.47 Å². The van der Waals surface area contributed by atoms with E-state index in [1.165, 1.54) is 5.57 Å². The van der Waals surface area contributed by atoms with Crippen LogP contribution in [0.2, 0.25) is 0 Å². The van der Waals surface area contributed by atoms with Crippen LogP contribution in [0.25, 0.3) is 0 Å². The number of allylic oxidation sites excluding steroid dienone is 2. The normalized spacial score (nSPS) is 43.2. The first kappa shape index (κ1) is 11.3. The van der Waals surface area contributed by atoms with E-state index in [9.17, 15) is 5.26 Å². The molecule has 0 aromatic carbocycles. The molecule has 3 aliphatic rings. The van der Waals surface area contributed by atoms with Gasteiger partial charge in [-0.3, -0.25) is 0 Å². The van der Waals surface area contributed by atoms with Crippen LogP contribution in [-0.2, 0) is 9.47 Å². The Hall–Kier alpha value is -0.850. The number of nitriles is 1. The average molecular weight is 233 g/mol. The number of hydrogen-bond acceptors (Lipinski definition) is 3. The molecule has 1 saturated carbocycles. The Balaban J connectivity index is 1.96. The third-order valence-electron chi connectivity index (χ3n) is 5.18. The summed E-state index contributed by atoms with van der Waals surface area (Å²) >= 11 is 0. The maximum atomic E-state index is 9.53. The zero-order chi connectivity index (χ0) is 12.1. The SMILES string of the molecule is CC1=CC[C@@H]2C(C#N)C3(CCC12C)OCCO3. The van der Waals surface area contributed by atoms with Gasteiger partial charge in [0.25, 0.3) is 0 Å². The molecule has 2 fully saturated rings. The van der Waals surface area contributed by atoms with E-state index in [2.05, 4.69) is 26.0 Å². The summed E-state index contributed by atoms with van der Waals surface area (Å²) in [5.74, 6) is -0.367. The van der Waals surface area contributed by atoms with Crippen molar-refractivity contribution in [2.75, 3.05) is 13.2 Å². The van der Waals surface area contributed by atoms with E-state index in [0.29, 0.717) is 19.1 Å². The van der Waals surface area contributed by atoms with Crippen LogP contribution in [0.15, 0.2) is 11.6 Å². The predicted molar refractivity (Wildman–Crippen MR) is 62.9 cm³/mol. The van der Waals surface area contributed by atoms with E-state index in [4.69, 9.17) is 9.47 Å². The summed E-state index contributed by atoms with van der Waals surface area (Å²) in [5, 5.41) is 9.53. The first-order valence-corrected chi connectivity index (χ1v) is 6.47. The summed E-state index contributed by atoms with van der Waals surface area (Å²) in [6.45, 7) is 5.76. The Morgan fingerprint density at radius 2 is 2.06 bits per heavy atom. The van der Waals surface area contributed by atoms with Crippen molar-refractivity contribution in [2.45, 2.75) is 38.9 Å². The molecule has 0 amide bonds. The lowest BCUT2D eigenvalue weighted by Gasteiger charge is -2.48. The average Bonchev–Trinajstić information content (AvgIpc) is 2.89. The lowest BCUT2D eigenvalue weighted by molar-refractivity contribution is -0.225. The second kappa shape index (κ2) is 3.57. The van der Waals surface area contributed by atoms with E-state index in [0.717, 1.165) is 19.3 Å². The lowest BCUT2D eigenvalue weighted by atomic mass is 9.60. The highest BCUT2D eigenvalue weighted by molar-refractivity contribution is 5.25. The fourth-order valence-electron chi connectivity index (χ4n) is 3.85. The summed E-state index contributed by atoms with van der Waals surface area (Å²) < 4.78 is 11.6. The molecule has 0 aromatic heterocycles. The molecular weight excluding hydrogens is 214 g/mol. The number of ether oxygens (including phenoxy) is 2. The van der Waals surface area contributed by atoms with Gasteiger partial charge in [-0.25, -0.2) is 0 Å². The molecule has 3 heteroatoms. The van der Waals surface area contributed by atoms with E-state index >= 15 is 0 Å². The van der Waals surface area contributed by atoms with Gasteiger partial charge in [0.2, 0.25) is 0 Å². The van der Waals surface area contributed by atoms with Gasteiger partial charge in [0.05, 0.1) is 19.3 Å². The molecule has 17 heavy (non-hydrogen) atoms. The second-order valence-electron chi connectivity index (χ2n) is 5.76. The fourth-order valence-corrected chi connectivity index (χ4v) is 3.85. The largest absolute Gasteiger partial charge is 0.346 e. The van der Waals surface area contributed by atoms with E-state index in [1.807, 2.05) is 0 Å². The van der Waals surface area contributed by atoms with Crippen molar-refractivity contribution in [3.8, 4) is 6.07 Å². The van der Waals surface area contributed by atoms with E-state index in [1.54, 1.807) is 0 Å². The minimum atomic E-state index is -0.600. The molecular formula is C14H19NO2. The van der Waals surface area contributed by atoms with Crippen LogP contribution in [0.1, 0.15) is 33.1 Å². The highest BCUT2D eigenvalue weighted by atomic mass is 16.7. The number of fused-ring (bicyclic) bond motifs is 1. The number of hydrogen-bond donors (Lipinski definition) is 0. The van der Waals surface area contributed by atoms with Crippen LogP contribution in [-0.4, -0.2) is 19.0 Å². The quantitative estimate of drug-likeness (QED) is 0.604. The molecule has 0 radical (unpaired) electrons. The topological polar surface area (TPSA) is 42.2 Å². The molecule has 0 bridgehead atoms. The Bertz CT molecular complexity index is 403. The van der Waals surface area contributed by atoms with Crippen molar-refractivity contribution in [1.82, 2.24) is 0 Å². The summed E-state index contributed by atoms with van der Waals surface area (Å²) in [4.78, 5) is 0. The highest BCUT2D eigenvalue weighted by Gasteiger charge is 2.58. The standard InChI is InChI=1S/C14H19NO2/c1-10-3-4-11-12(9-15)14(16-7-8-17-14)6-5-13(10,11)2/h3,11-12H,4-8H2,1-2H3/t11-,12?,13?/m1/s1. The van der Waals surface area contributed by atoms with Gasteiger partial charge in [-0.1, -0.05) is 18.6 Å². The molecule has 0 aromatic rings. The van der Waals surface area contributed by atoms with Gasteiger partial charge >= 0.3 is 0 Å². The summed E-state index contributed by atoms with van der Waals surface area (Å²) in [7, 11) is 0. The molecule has 3 nitrogen and oxygen atoms in total. The summed E-state index contributed by atoms with van der Waals surface area (Å²) in [5.41, 5.74) is 1.62. The Morgan fingerprint density at radius 1 is 1.35 bits per heavy atom. The zero-order valence-electron chi connectivity index (χ0n) is 10.5. The van der Waals surface area contributed by atoms with Crippen molar-refractivity contribution in [1.29, 1.82) is 5.26 Å². The summed E-state index contributed by atoms with van der Waals surface area (Å²) in [6.07, 6.45) is 5.21. The van der Waals surface area contributed by atoms with Gasteiger partial charge in [-0.2, -0.15) is 5.26 Å². The van der Waals surface area contributed by atoms with Crippen LogP contribution in [0.5, 0.6) is 0 Å². The summed E-state index contributed by atoms with van der Waals surface area (Å²) in [6, 6.07) is 2.47. The van der Waals surface area contributed by atoms with Crippen LogP contribution in [0.4, 0.5) is 0 Å². The van der Waals surface area contributed by atoms with Gasteiger partial charge in [0.15, 0.2) is 5.79 Å². The smallest absolute Gasteiger partial charge is 0.184 e. The molecule has 92 valence electrons. The van der Waals surface area contributed by atoms with Gasteiger partial charge in [-0.15, -0.1) is 0 Å². The molecule has 2 unspecified atom stereocenters. The first-order valence-electron chi connectivity index (χ1n) is 6.47. The minimum absolute atomic E-state index is 0.127. The van der Waals surface area contributed by atoms with Gasteiger partial charge in [-0.05, 0) is 31.1 Å². The Labute approximate surface area is 102 Å². The molecule has 0 N–H and O–H groups in total. The maximum Gasteiger partial charge on any atom is 0.184 e. The fraction of sp³-hybridized carbons (Fsp3) is 0.786. The number of nitrogens with zero attached hydrogens (tertiary/aromatic N) is 1. The zero-order valence-corrected chi connectivity index (χ0v) is 10.5. The third-order valence-corrected chi connectivity index (χ3v) is 5.18. The maximum absolute atomic E-state index is 9.53. The van der Waals surface area contributed by atoms with Crippen LogP contribution < -0.4 is 0 Å². The van der Waals surface area contributed by atoms with Gasteiger partial charge in [0, 0.05) is 6.42 Å². The van der Waals surface area contributed by atoms with Crippen molar-refractivity contribution < 1.29 is 9.47 Å². The van der Waals surface area contributed by atoms with Crippen molar-refractivity contribution >= 4 is 0 Å². The third kappa shape index (κ3) is 1.34. The molecule has 1 spiro atoms. The molecule has 1 heterocycles. The van der Waals surface area contributed by atoms with Crippen molar-refractivity contribution in [3.05, 3.63) is 11.6 Å². The van der Waals surface area contributed by atoms with Crippen LogP contribution in [0.3, 0.4) is 0 Å². The molecule has 1 aliphatic heterocycles. The molecule has 3 atom stereocenters. The monoisotopic (exact) mass is 233 g/mol. The van der Waals surface area contributed by atoms with Crippen LogP contribution >= 0.6 is 0 Å². The molecule has 3 rings (SSSR count). The molecule has 2 aliphatic carbocycles. The van der Waals surface area contributed by atoms with Crippen molar-refractivity contribution in [2.24, 2.45) is 17.3 Å². The lowest BCUT2D eigenvalue weighted by Crippen LogP contribution is -2.51. The highest BCUT2D eigenvalue weighted by Crippen LogP contribution is 2.58.